The Morgan fingerprint density at radius 1 is 0.952 bits per heavy atom. The smallest absolute Gasteiger partial charge is 0.264 e. The maximum absolute atomic E-state index is 14.2. The number of ether oxygens (including phenoxy) is 1. The van der Waals surface area contributed by atoms with Gasteiger partial charge in [-0.3, -0.25) is 13.9 Å². The molecule has 3 aromatic carbocycles. The first kappa shape index (κ1) is 33.1. The SMILES string of the molecule is CCOc1ccc(N(CC(=O)N(Cc2ccccc2C)[C@@H](CC)C(=O)NCC(C)C)S(=O)(=O)c2ccc(Br)cc2)cc1. The van der Waals surface area contributed by atoms with Crippen molar-refractivity contribution < 1.29 is 22.7 Å². The molecule has 0 aliphatic carbocycles. The molecule has 0 fully saturated rings. The number of nitrogens with zero attached hydrogens (tertiary/aromatic N) is 2. The zero-order chi connectivity index (χ0) is 30.9. The Morgan fingerprint density at radius 2 is 1.60 bits per heavy atom. The van der Waals surface area contributed by atoms with E-state index in [-0.39, 0.29) is 23.3 Å². The van der Waals surface area contributed by atoms with Crippen LogP contribution in [0.25, 0.3) is 0 Å². The number of carbonyl (C=O) groups is 2. The summed E-state index contributed by atoms with van der Waals surface area (Å²) in [6.07, 6.45) is 0.365. The number of rotatable bonds is 14. The molecule has 0 spiro atoms. The van der Waals surface area contributed by atoms with Crippen LogP contribution >= 0.6 is 15.9 Å². The fraction of sp³-hybridized carbons (Fsp3) is 0.375. The summed E-state index contributed by atoms with van der Waals surface area (Å²) in [4.78, 5) is 29.1. The summed E-state index contributed by atoms with van der Waals surface area (Å²) in [6, 6.07) is 19.7. The van der Waals surface area contributed by atoms with E-state index in [1.54, 1.807) is 36.4 Å². The van der Waals surface area contributed by atoms with Gasteiger partial charge in [-0.2, -0.15) is 0 Å². The number of nitrogens with one attached hydrogen (secondary N) is 1. The number of aryl methyl sites for hydroxylation is 1. The summed E-state index contributed by atoms with van der Waals surface area (Å²) in [5, 5.41) is 2.95. The summed E-state index contributed by atoms with van der Waals surface area (Å²) in [6.45, 7) is 10.3. The average Bonchev–Trinajstić information content (AvgIpc) is 2.96. The third kappa shape index (κ3) is 8.58. The Bertz CT molecular complexity index is 1440. The fourth-order valence-corrected chi connectivity index (χ4v) is 6.13. The van der Waals surface area contributed by atoms with Crippen LogP contribution in [0.5, 0.6) is 5.75 Å². The predicted octanol–water partition coefficient (Wildman–Crippen LogP) is 5.93. The van der Waals surface area contributed by atoms with E-state index in [0.29, 0.717) is 31.0 Å². The second-order valence-electron chi connectivity index (χ2n) is 10.4. The molecule has 3 rings (SSSR count). The van der Waals surface area contributed by atoms with Crippen LogP contribution < -0.4 is 14.4 Å². The van der Waals surface area contributed by atoms with Crippen molar-refractivity contribution in [1.82, 2.24) is 10.2 Å². The molecular formula is C32H40BrN3O5S. The average molecular weight is 659 g/mol. The van der Waals surface area contributed by atoms with Gasteiger partial charge >= 0.3 is 0 Å². The first-order valence-corrected chi connectivity index (χ1v) is 16.3. The molecule has 8 nitrogen and oxygen atoms in total. The maximum atomic E-state index is 14.2. The highest BCUT2D eigenvalue weighted by Gasteiger charge is 2.34. The zero-order valence-electron chi connectivity index (χ0n) is 24.8. The second-order valence-corrected chi connectivity index (χ2v) is 13.2. The van der Waals surface area contributed by atoms with E-state index in [2.05, 4.69) is 21.2 Å². The van der Waals surface area contributed by atoms with E-state index in [9.17, 15) is 18.0 Å². The van der Waals surface area contributed by atoms with Crippen molar-refractivity contribution in [1.29, 1.82) is 0 Å². The molecule has 1 N–H and O–H groups in total. The number of amides is 2. The first-order valence-electron chi connectivity index (χ1n) is 14.1. The van der Waals surface area contributed by atoms with Gasteiger partial charge in [0.05, 0.1) is 17.2 Å². The van der Waals surface area contributed by atoms with Gasteiger partial charge in [0, 0.05) is 17.6 Å². The van der Waals surface area contributed by atoms with Crippen molar-refractivity contribution in [2.24, 2.45) is 5.92 Å². The van der Waals surface area contributed by atoms with Crippen molar-refractivity contribution in [3.05, 3.63) is 88.4 Å². The molecule has 0 aliphatic rings. The summed E-state index contributed by atoms with van der Waals surface area (Å²) < 4.78 is 35.4. The van der Waals surface area contributed by atoms with E-state index in [4.69, 9.17) is 4.74 Å². The van der Waals surface area contributed by atoms with E-state index in [1.807, 2.05) is 58.9 Å². The van der Waals surface area contributed by atoms with Crippen molar-refractivity contribution in [2.45, 2.75) is 58.5 Å². The largest absolute Gasteiger partial charge is 0.494 e. The highest BCUT2D eigenvalue weighted by atomic mass is 79.9. The van der Waals surface area contributed by atoms with Gasteiger partial charge in [-0.15, -0.1) is 0 Å². The molecule has 0 unspecified atom stereocenters. The minimum atomic E-state index is -4.16. The normalized spacial score (nSPS) is 12.1. The van der Waals surface area contributed by atoms with Crippen LogP contribution in [0, 0.1) is 12.8 Å². The topological polar surface area (TPSA) is 96.0 Å². The number of carbonyl (C=O) groups excluding carboxylic acids is 2. The molecule has 42 heavy (non-hydrogen) atoms. The van der Waals surface area contributed by atoms with Gasteiger partial charge in [0.15, 0.2) is 0 Å². The van der Waals surface area contributed by atoms with Crippen LogP contribution in [-0.2, 0) is 26.2 Å². The predicted molar refractivity (Wildman–Crippen MR) is 170 cm³/mol. The van der Waals surface area contributed by atoms with E-state index >= 15 is 0 Å². The Morgan fingerprint density at radius 3 is 2.17 bits per heavy atom. The van der Waals surface area contributed by atoms with Crippen LogP contribution in [0.4, 0.5) is 5.69 Å². The highest BCUT2D eigenvalue weighted by molar-refractivity contribution is 9.10. The van der Waals surface area contributed by atoms with Gasteiger partial charge in [-0.1, -0.05) is 61.0 Å². The van der Waals surface area contributed by atoms with Crippen LogP contribution in [-0.4, -0.2) is 50.9 Å². The molecule has 0 radical (unpaired) electrons. The number of anilines is 1. The molecule has 0 bridgehead atoms. The highest BCUT2D eigenvalue weighted by Crippen LogP contribution is 2.28. The van der Waals surface area contributed by atoms with Crippen molar-refractivity contribution >= 4 is 43.5 Å². The molecule has 1 atom stereocenters. The lowest BCUT2D eigenvalue weighted by Gasteiger charge is -2.33. The molecule has 10 heteroatoms. The minimum absolute atomic E-state index is 0.0413. The summed E-state index contributed by atoms with van der Waals surface area (Å²) in [5.41, 5.74) is 2.16. The van der Waals surface area contributed by atoms with Gasteiger partial charge in [0.25, 0.3) is 10.0 Å². The van der Waals surface area contributed by atoms with Crippen molar-refractivity contribution in [3.8, 4) is 5.75 Å². The number of hydrogen-bond acceptors (Lipinski definition) is 5. The monoisotopic (exact) mass is 657 g/mol. The fourth-order valence-electron chi connectivity index (χ4n) is 4.45. The Labute approximate surface area is 258 Å². The number of sulfonamides is 1. The lowest BCUT2D eigenvalue weighted by Crippen LogP contribution is -2.52. The third-order valence-electron chi connectivity index (χ3n) is 6.79. The second kappa shape index (κ2) is 15.2. The van der Waals surface area contributed by atoms with Gasteiger partial charge in [0.1, 0.15) is 18.3 Å². The van der Waals surface area contributed by atoms with E-state index in [0.717, 1.165) is 19.9 Å². The van der Waals surface area contributed by atoms with Crippen molar-refractivity contribution in [2.75, 3.05) is 24.0 Å². The van der Waals surface area contributed by atoms with Gasteiger partial charge < -0.3 is 15.0 Å². The molecule has 0 saturated carbocycles. The van der Waals surface area contributed by atoms with Gasteiger partial charge in [0.2, 0.25) is 11.8 Å². The molecule has 0 saturated heterocycles. The maximum Gasteiger partial charge on any atom is 0.264 e. The molecule has 3 aromatic rings. The van der Waals surface area contributed by atoms with Crippen LogP contribution in [0.3, 0.4) is 0 Å². The quantitative estimate of drug-likeness (QED) is 0.232. The number of halogens is 1. The molecule has 226 valence electrons. The molecule has 0 aliphatic heterocycles. The van der Waals surface area contributed by atoms with Crippen LogP contribution in [0.2, 0.25) is 0 Å². The van der Waals surface area contributed by atoms with Crippen molar-refractivity contribution in [3.63, 3.8) is 0 Å². The first-order chi connectivity index (χ1) is 20.0. The van der Waals surface area contributed by atoms with Crippen LogP contribution in [0.15, 0.2) is 82.2 Å². The van der Waals surface area contributed by atoms with Gasteiger partial charge in [-0.05, 0) is 85.8 Å². The Balaban J connectivity index is 2.06. The summed E-state index contributed by atoms with van der Waals surface area (Å²) >= 11 is 3.35. The third-order valence-corrected chi connectivity index (χ3v) is 9.11. The lowest BCUT2D eigenvalue weighted by atomic mass is 10.1. The Hall–Kier alpha value is -3.37. The standard InChI is InChI=1S/C32H40BrN3O5S/c1-6-30(32(38)34-20-23(3)4)35(21-25-11-9-8-10-24(25)5)31(37)22-36(27-14-16-28(17-15-27)41-7-2)42(39,40)29-18-12-26(33)13-19-29/h8-19,23,30H,6-7,20-22H2,1-5H3,(H,34,38)/t30-/m0/s1. The summed E-state index contributed by atoms with van der Waals surface area (Å²) in [5.74, 6) is 0.0664. The van der Waals surface area contributed by atoms with E-state index in [1.165, 1.54) is 17.0 Å². The van der Waals surface area contributed by atoms with Crippen LogP contribution in [0.1, 0.15) is 45.2 Å². The molecular weight excluding hydrogens is 618 g/mol. The number of hydrogen-bond donors (Lipinski definition) is 1. The molecule has 0 heterocycles. The number of benzene rings is 3. The zero-order valence-corrected chi connectivity index (χ0v) is 27.2. The lowest BCUT2D eigenvalue weighted by molar-refractivity contribution is -0.140. The minimum Gasteiger partial charge on any atom is -0.494 e. The van der Waals surface area contributed by atoms with Gasteiger partial charge in [-0.25, -0.2) is 8.42 Å². The molecule has 0 aromatic heterocycles. The Kier molecular flexibility index (Phi) is 12.0. The molecule has 2 amide bonds. The van der Waals surface area contributed by atoms with E-state index < -0.39 is 28.5 Å². The summed E-state index contributed by atoms with van der Waals surface area (Å²) in [7, 11) is -4.16.